The number of rotatable bonds is 4. The molecule has 2 aliphatic heterocycles. The molecule has 6 nitrogen and oxygen atoms in total. The molecule has 0 saturated carbocycles. The van der Waals surface area contributed by atoms with Gasteiger partial charge in [0.25, 0.3) is 0 Å². The van der Waals surface area contributed by atoms with Gasteiger partial charge in [0.15, 0.2) is 0 Å². The van der Waals surface area contributed by atoms with Gasteiger partial charge in [0.05, 0.1) is 6.04 Å². The first-order valence-corrected chi connectivity index (χ1v) is 8.63. The molecule has 130 valence electrons. The fourth-order valence-electron chi connectivity index (χ4n) is 3.75. The van der Waals surface area contributed by atoms with Gasteiger partial charge in [-0.25, -0.2) is 0 Å². The Bertz CT molecular complexity index is 629. The average Bonchev–Trinajstić information content (AvgIpc) is 3.21. The Hall–Kier alpha value is -2.08. The van der Waals surface area contributed by atoms with Crippen molar-refractivity contribution < 1.29 is 14.0 Å². The maximum atomic E-state index is 12.3. The fraction of sp³-hybridized carbons (Fsp3) is 0.556. The molecule has 0 spiro atoms. The Morgan fingerprint density at radius 2 is 1.96 bits per heavy atom. The number of hydrogen-bond acceptors (Lipinski definition) is 4. The maximum Gasteiger partial charge on any atom is 0.246 e. The summed E-state index contributed by atoms with van der Waals surface area (Å²) in [5.41, 5.74) is 5.50. The molecule has 1 atom stereocenters. The molecule has 3 heterocycles. The molecule has 2 aliphatic rings. The highest BCUT2D eigenvalue weighted by atomic mass is 16.3. The lowest BCUT2D eigenvalue weighted by Crippen LogP contribution is -2.51. The monoisotopic (exact) mass is 331 g/mol. The number of aryl methyl sites for hydroxylation is 1. The number of primary amides is 1. The normalized spacial score (nSPS) is 23.2. The van der Waals surface area contributed by atoms with E-state index < -0.39 is 0 Å². The second-order valence-electron chi connectivity index (χ2n) is 6.64. The minimum Gasteiger partial charge on any atom is -0.462 e. The Morgan fingerprint density at radius 1 is 1.21 bits per heavy atom. The molecule has 1 aromatic heterocycles. The lowest BCUT2D eigenvalue weighted by atomic mass is 10.0. The van der Waals surface area contributed by atoms with Crippen LogP contribution in [0.5, 0.6) is 0 Å². The molecule has 0 aromatic carbocycles. The van der Waals surface area contributed by atoms with Gasteiger partial charge in [-0.15, -0.1) is 0 Å². The fourth-order valence-corrected chi connectivity index (χ4v) is 3.75. The SMILES string of the molecule is Cc1ccc(C=CC(=O)N2CCC(N3CCCC3C(N)=O)CC2)o1. The molecule has 1 aromatic rings. The van der Waals surface area contributed by atoms with Gasteiger partial charge in [-0.3, -0.25) is 14.5 Å². The van der Waals surface area contributed by atoms with Gasteiger partial charge >= 0.3 is 0 Å². The van der Waals surface area contributed by atoms with Crippen LogP contribution in [-0.4, -0.2) is 53.3 Å². The Morgan fingerprint density at radius 3 is 2.58 bits per heavy atom. The summed E-state index contributed by atoms with van der Waals surface area (Å²) in [6.07, 6.45) is 6.95. The predicted octanol–water partition coefficient (Wildman–Crippen LogP) is 1.54. The standard InChI is InChI=1S/C18H25N3O3/c1-13-4-5-15(24-13)6-7-17(22)20-11-8-14(9-12-20)21-10-2-3-16(21)18(19)23/h4-7,14,16H,2-3,8-12H2,1H3,(H2,19,23). The maximum absolute atomic E-state index is 12.3. The van der Waals surface area contributed by atoms with Crippen LogP contribution < -0.4 is 5.73 Å². The lowest BCUT2D eigenvalue weighted by molar-refractivity contribution is -0.129. The first-order chi connectivity index (χ1) is 11.5. The van der Waals surface area contributed by atoms with Gasteiger partial charge < -0.3 is 15.1 Å². The third-order valence-electron chi connectivity index (χ3n) is 5.02. The number of hydrogen-bond donors (Lipinski definition) is 1. The van der Waals surface area contributed by atoms with Crippen molar-refractivity contribution >= 4 is 17.9 Å². The Labute approximate surface area is 142 Å². The minimum absolute atomic E-state index is 0.00961. The van der Waals surface area contributed by atoms with Gasteiger partial charge in [-0.05, 0) is 57.4 Å². The van der Waals surface area contributed by atoms with Crippen molar-refractivity contribution in [1.29, 1.82) is 0 Å². The van der Waals surface area contributed by atoms with Gasteiger partial charge in [0.2, 0.25) is 11.8 Å². The van der Waals surface area contributed by atoms with Crippen LogP contribution in [0.2, 0.25) is 0 Å². The summed E-state index contributed by atoms with van der Waals surface area (Å²) >= 11 is 0. The molecule has 0 radical (unpaired) electrons. The molecular formula is C18H25N3O3. The van der Waals surface area contributed by atoms with E-state index in [1.165, 1.54) is 0 Å². The largest absolute Gasteiger partial charge is 0.462 e. The second-order valence-corrected chi connectivity index (χ2v) is 6.64. The van der Waals surface area contributed by atoms with Crippen molar-refractivity contribution in [2.75, 3.05) is 19.6 Å². The molecule has 2 N–H and O–H groups in total. The first kappa shape index (κ1) is 16.8. The van der Waals surface area contributed by atoms with Crippen LogP contribution in [0.15, 0.2) is 22.6 Å². The summed E-state index contributed by atoms with van der Waals surface area (Å²) < 4.78 is 5.43. The number of likely N-dealkylation sites (tertiary alicyclic amines) is 2. The Kier molecular flexibility index (Phi) is 5.04. The zero-order valence-electron chi connectivity index (χ0n) is 14.1. The van der Waals surface area contributed by atoms with Crippen LogP contribution in [0, 0.1) is 6.92 Å². The summed E-state index contributed by atoms with van der Waals surface area (Å²) in [7, 11) is 0. The van der Waals surface area contributed by atoms with Crippen molar-refractivity contribution in [1.82, 2.24) is 9.80 Å². The number of carbonyl (C=O) groups excluding carboxylic acids is 2. The van der Waals surface area contributed by atoms with Gasteiger partial charge in [0.1, 0.15) is 11.5 Å². The highest BCUT2D eigenvalue weighted by molar-refractivity contribution is 5.91. The zero-order chi connectivity index (χ0) is 17.1. The third-order valence-corrected chi connectivity index (χ3v) is 5.02. The molecule has 0 bridgehead atoms. The quantitative estimate of drug-likeness (QED) is 0.849. The van der Waals surface area contributed by atoms with Crippen LogP contribution in [0.4, 0.5) is 0 Å². The number of nitrogens with zero attached hydrogens (tertiary/aromatic N) is 2. The van der Waals surface area contributed by atoms with E-state index in [1.54, 1.807) is 12.2 Å². The topological polar surface area (TPSA) is 79.8 Å². The number of piperidine rings is 1. The summed E-state index contributed by atoms with van der Waals surface area (Å²) in [4.78, 5) is 27.9. The van der Waals surface area contributed by atoms with Gasteiger partial charge in [-0.2, -0.15) is 0 Å². The van der Waals surface area contributed by atoms with E-state index in [1.807, 2.05) is 24.0 Å². The summed E-state index contributed by atoms with van der Waals surface area (Å²) in [5, 5.41) is 0. The molecule has 0 aliphatic carbocycles. The number of nitrogens with two attached hydrogens (primary N) is 1. The molecule has 2 amide bonds. The van der Waals surface area contributed by atoms with Crippen LogP contribution >= 0.6 is 0 Å². The summed E-state index contributed by atoms with van der Waals surface area (Å²) in [6.45, 7) is 4.24. The molecule has 6 heteroatoms. The molecule has 3 rings (SSSR count). The van der Waals surface area contributed by atoms with Crippen molar-refractivity contribution in [3.8, 4) is 0 Å². The molecule has 2 saturated heterocycles. The molecule has 1 unspecified atom stereocenters. The van der Waals surface area contributed by atoms with Gasteiger partial charge in [-0.1, -0.05) is 0 Å². The van der Waals surface area contributed by atoms with E-state index in [4.69, 9.17) is 10.2 Å². The molecule has 2 fully saturated rings. The molecule has 24 heavy (non-hydrogen) atoms. The van der Waals surface area contributed by atoms with Crippen molar-refractivity contribution in [2.24, 2.45) is 5.73 Å². The lowest BCUT2D eigenvalue weighted by Gasteiger charge is -2.38. The highest BCUT2D eigenvalue weighted by Gasteiger charge is 2.36. The van der Waals surface area contributed by atoms with Gasteiger partial charge in [0, 0.05) is 25.2 Å². The zero-order valence-corrected chi connectivity index (χ0v) is 14.1. The van der Waals surface area contributed by atoms with E-state index in [2.05, 4.69) is 4.90 Å². The summed E-state index contributed by atoms with van der Waals surface area (Å²) in [5.74, 6) is 1.31. The van der Waals surface area contributed by atoms with Crippen LogP contribution in [0.1, 0.15) is 37.2 Å². The number of carbonyl (C=O) groups is 2. The second kappa shape index (κ2) is 7.21. The van der Waals surface area contributed by atoms with Crippen molar-refractivity contribution in [2.45, 2.75) is 44.7 Å². The van der Waals surface area contributed by atoms with E-state index >= 15 is 0 Å². The van der Waals surface area contributed by atoms with E-state index in [9.17, 15) is 9.59 Å². The Balaban J connectivity index is 1.52. The van der Waals surface area contributed by atoms with E-state index in [0.717, 1.165) is 38.0 Å². The third kappa shape index (κ3) is 3.70. The van der Waals surface area contributed by atoms with E-state index in [0.29, 0.717) is 24.9 Å². The molecular weight excluding hydrogens is 306 g/mol. The summed E-state index contributed by atoms with van der Waals surface area (Å²) in [6, 6.07) is 3.95. The first-order valence-electron chi connectivity index (χ1n) is 8.63. The highest BCUT2D eigenvalue weighted by Crippen LogP contribution is 2.26. The van der Waals surface area contributed by atoms with Crippen LogP contribution in [0.3, 0.4) is 0 Å². The number of furan rings is 1. The van der Waals surface area contributed by atoms with Crippen LogP contribution in [-0.2, 0) is 9.59 Å². The van der Waals surface area contributed by atoms with Crippen LogP contribution in [0.25, 0.3) is 6.08 Å². The predicted molar refractivity (Wildman–Crippen MR) is 91.0 cm³/mol. The van der Waals surface area contributed by atoms with E-state index in [-0.39, 0.29) is 17.9 Å². The van der Waals surface area contributed by atoms with Crippen molar-refractivity contribution in [3.05, 3.63) is 29.7 Å². The van der Waals surface area contributed by atoms with Crippen molar-refractivity contribution in [3.63, 3.8) is 0 Å². The minimum atomic E-state index is -0.220. The smallest absolute Gasteiger partial charge is 0.246 e. The average molecular weight is 331 g/mol. The number of amides is 2.